The molecule has 2 atom stereocenters. The van der Waals surface area contributed by atoms with E-state index in [4.69, 9.17) is 0 Å². The summed E-state index contributed by atoms with van der Waals surface area (Å²) < 4.78 is 4.68. The number of piperidine rings is 1. The van der Waals surface area contributed by atoms with Gasteiger partial charge in [-0.1, -0.05) is 36.4 Å². The number of fused-ring (bicyclic) bond motifs is 1. The topological polar surface area (TPSA) is 58.6 Å². The van der Waals surface area contributed by atoms with E-state index >= 15 is 0 Å². The van der Waals surface area contributed by atoms with Gasteiger partial charge in [0.2, 0.25) is 0 Å². The zero-order valence-electron chi connectivity index (χ0n) is 12.6. The molecule has 0 unspecified atom stereocenters. The van der Waals surface area contributed by atoms with Crippen LogP contribution >= 0.6 is 0 Å². The Morgan fingerprint density at radius 2 is 2.14 bits per heavy atom. The zero-order valence-corrected chi connectivity index (χ0v) is 12.6. The lowest BCUT2D eigenvalue weighted by Crippen LogP contribution is -2.53. The molecule has 1 aromatic carbocycles. The van der Waals surface area contributed by atoms with Gasteiger partial charge < -0.3 is 10.1 Å². The predicted molar refractivity (Wildman–Crippen MR) is 81.9 cm³/mol. The summed E-state index contributed by atoms with van der Waals surface area (Å²) in [5.74, 6) is -0.718. The van der Waals surface area contributed by atoms with Crippen molar-refractivity contribution < 1.29 is 14.3 Å². The van der Waals surface area contributed by atoms with Crippen molar-refractivity contribution in [2.45, 2.75) is 19.0 Å². The molecule has 1 aromatic rings. The van der Waals surface area contributed by atoms with Gasteiger partial charge in [0.25, 0.3) is 5.91 Å². The highest BCUT2D eigenvalue weighted by Crippen LogP contribution is 2.25. The van der Waals surface area contributed by atoms with E-state index < -0.39 is 5.97 Å². The van der Waals surface area contributed by atoms with Crippen LogP contribution < -0.4 is 5.32 Å². The Hall–Kier alpha value is -2.14. The number of nitrogens with one attached hydrogen (secondary N) is 1. The molecule has 0 radical (unpaired) electrons. The Kier molecular flexibility index (Phi) is 4.24. The summed E-state index contributed by atoms with van der Waals surface area (Å²) in [6.45, 7) is 2.66. The Labute approximate surface area is 129 Å². The standard InChI is InChI=1S/C17H20N2O3/c1-22-17(21)14-9-13-11-19(8-7-15(13)18-16(14)20)10-12-5-3-2-4-6-12/h2-6,9,13,15H,7-8,10-11H2,1H3,(H,18,20)/t13-,15-/m0/s1. The molecular weight excluding hydrogens is 280 g/mol. The van der Waals surface area contributed by atoms with Crippen molar-refractivity contribution in [2.75, 3.05) is 20.2 Å². The maximum atomic E-state index is 11.9. The predicted octanol–water partition coefficient (Wildman–Crippen LogP) is 1.11. The second-order valence-corrected chi connectivity index (χ2v) is 5.83. The van der Waals surface area contributed by atoms with Crippen molar-refractivity contribution in [2.24, 2.45) is 5.92 Å². The van der Waals surface area contributed by atoms with Crippen LogP contribution in [0.3, 0.4) is 0 Å². The Bertz CT molecular complexity index is 597. The van der Waals surface area contributed by atoms with Crippen molar-refractivity contribution in [3.05, 3.63) is 47.5 Å². The average molecular weight is 300 g/mol. The highest BCUT2D eigenvalue weighted by atomic mass is 16.5. The fraction of sp³-hybridized carbons (Fsp3) is 0.412. The molecule has 0 aromatic heterocycles. The molecule has 116 valence electrons. The molecule has 3 rings (SSSR count). The van der Waals surface area contributed by atoms with Crippen LogP contribution in [0, 0.1) is 5.92 Å². The number of methoxy groups -OCH3 is 1. The van der Waals surface area contributed by atoms with Crippen molar-refractivity contribution in [3.8, 4) is 0 Å². The molecular formula is C17H20N2O3. The Morgan fingerprint density at radius 1 is 1.36 bits per heavy atom. The molecule has 22 heavy (non-hydrogen) atoms. The number of hydrogen-bond donors (Lipinski definition) is 1. The quantitative estimate of drug-likeness (QED) is 0.671. The van der Waals surface area contributed by atoms with Gasteiger partial charge in [0.1, 0.15) is 5.57 Å². The molecule has 1 fully saturated rings. The highest BCUT2D eigenvalue weighted by Gasteiger charge is 2.36. The van der Waals surface area contributed by atoms with Gasteiger partial charge in [0, 0.05) is 31.6 Å². The number of ether oxygens (including phenoxy) is 1. The number of carbonyl (C=O) groups excluding carboxylic acids is 2. The lowest BCUT2D eigenvalue weighted by Gasteiger charge is -2.40. The SMILES string of the molecule is COC(=O)C1=C[C@H]2CN(Cc3ccccc3)CC[C@@H]2NC1=O. The second-order valence-electron chi connectivity index (χ2n) is 5.83. The maximum Gasteiger partial charge on any atom is 0.343 e. The minimum Gasteiger partial charge on any atom is -0.465 e. The second kappa shape index (κ2) is 6.32. The van der Waals surface area contributed by atoms with Gasteiger partial charge in [-0.3, -0.25) is 9.69 Å². The average Bonchev–Trinajstić information content (AvgIpc) is 2.55. The minimum atomic E-state index is -0.559. The van der Waals surface area contributed by atoms with Gasteiger partial charge in [0.05, 0.1) is 7.11 Å². The van der Waals surface area contributed by atoms with E-state index in [0.29, 0.717) is 0 Å². The van der Waals surface area contributed by atoms with Crippen LogP contribution in [0.15, 0.2) is 42.0 Å². The highest BCUT2D eigenvalue weighted by molar-refractivity contribution is 6.16. The fourth-order valence-electron chi connectivity index (χ4n) is 3.19. The molecule has 1 saturated heterocycles. The van der Waals surface area contributed by atoms with E-state index in [1.54, 1.807) is 6.08 Å². The number of nitrogens with zero attached hydrogens (tertiary/aromatic N) is 1. The molecule has 0 bridgehead atoms. The summed E-state index contributed by atoms with van der Waals surface area (Å²) in [5.41, 5.74) is 1.41. The molecule has 1 amide bonds. The molecule has 0 spiro atoms. The molecule has 5 heteroatoms. The van der Waals surface area contributed by atoms with Gasteiger partial charge in [-0.05, 0) is 12.0 Å². The number of carbonyl (C=O) groups is 2. The third kappa shape index (κ3) is 3.04. The number of likely N-dealkylation sites (tertiary alicyclic amines) is 1. The normalized spacial score (nSPS) is 25.0. The van der Waals surface area contributed by atoms with Gasteiger partial charge in [-0.2, -0.15) is 0 Å². The number of hydrogen-bond acceptors (Lipinski definition) is 4. The van der Waals surface area contributed by atoms with E-state index in [1.807, 2.05) is 18.2 Å². The van der Waals surface area contributed by atoms with E-state index in [0.717, 1.165) is 26.1 Å². The van der Waals surface area contributed by atoms with Crippen LogP contribution in [0.2, 0.25) is 0 Å². The van der Waals surface area contributed by atoms with Gasteiger partial charge in [-0.25, -0.2) is 4.79 Å². The maximum absolute atomic E-state index is 11.9. The van der Waals surface area contributed by atoms with Crippen molar-refractivity contribution in [1.82, 2.24) is 10.2 Å². The van der Waals surface area contributed by atoms with Crippen molar-refractivity contribution in [3.63, 3.8) is 0 Å². The molecule has 5 nitrogen and oxygen atoms in total. The first-order valence-electron chi connectivity index (χ1n) is 7.54. The molecule has 2 aliphatic rings. The van der Waals surface area contributed by atoms with Gasteiger partial charge >= 0.3 is 5.97 Å². The van der Waals surface area contributed by atoms with E-state index in [2.05, 4.69) is 27.1 Å². The summed E-state index contributed by atoms with van der Waals surface area (Å²) in [7, 11) is 1.30. The lowest BCUT2D eigenvalue weighted by molar-refractivity contribution is -0.138. The van der Waals surface area contributed by atoms with E-state index in [-0.39, 0.29) is 23.4 Å². The van der Waals surface area contributed by atoms with E-state index in [9.17, 15) is 9.59 Å². The van der Waals surface area contributed by atoms with Crippen LogP contribution in [0.5, 0.6) is 0 Å². The van der Waals surface area contributed by atoms with Crippen LogP contribution in [-0.2, 0) is 20.9 Å². The van der Waals surface area contributed by atoms with Crippen LogP contribution in [0.1, 0.15) is 12.0 Å². The fourth-order valence-corrected chi connectivity index (χ4v) is 3.19. The molecule has 2 aliphatic heterocycles. The first kappa shape index (κ1) is 14.8. The van der Waals surface area contributed by atoms with Crippen LogP contribution in [0.25, 0.3) is 0 Å². The number of benzene rings is 1. The van der Waals surface area contributed by atoms with Crippen LogP contribution in [-0.4, -0.2) is 43.0 Å². The summed E-state index contributed by atoms with van der Waals surface area (Å²) in [5, 5.41) is 2.93. The summed E-state index contributed by atoms with van der Waals surface area (Å²) in [6, 6.07) is 10.4. The summed E-state index contributed by atoms with van der Waals surface area (Å²) in [4.78, 5) is 25.9. The smallest absolute Gasteiger partial charge is 0.343 e. The zero-order chi connectivity index (χ0) is 15.5. The monoisotopic (exact) mass is 300 g/mol. The Morgan fingerprint density at radius 3 is 2.86 bits per heavy atom. The number of esters is 1. The summed E-state index contributed by atoms with van der Waals surface area (Å²) >= 11 is 0. The summed E-state index contributed by atoms with van der Waals surface area (Å²) in [6.07, 6.45) is 2.68. The number of rotatable bonds is 3. The first-order chi connectivity index (χ1) is 10.7. The van der Waals surface area contributed by atoms with E-state index in [1.165, 1.54) is 12.7 Å². The van der Waals surface area contributed by atoms with Crippen molar-refractivity contribution in [1.29, 1.82) is 0 Å². The molecule has 0 saturated carbocycles. The minimum absolute atomic E-state index is 0.118. The third-order valence-electron chi connectivity index (χ3n) is 4.34. The molecule has 0 aliphatic carbocycles. The molecule has 1 N–H and O–H groups in total. The van der Waals surface area contributed by atoms with Crippen molar-refractivity contribution >= 4 is 11.9 Å². The Balaban J connectivity index is 1.71. The largest absolute Gasteiger partial charge is 0.465 e. The van der Waals surface area contributed by atoms with Gasteiger partial charge in [-0.15, -0.1) is 0 Å². The van der Waals surface area contributed by atoms with Gasteiger partial charge in [0.15, 0.2) is 0 Å². The van der Waals surface area contributed by atoms with Crippen LogP contribution in [0.4, 0.5) is 0 Å². The number of amides is 1. The lowest BCUT2D eigenvalue weighted by atomic mass is 9.86. The first-order valence-corrected chi connectivity index (χ1v) is 7.54. The molecule has 2 heterocycles. The third-order valence-corrected chi connectivity index (χ3v) is 4.34.